The van der Waals surface area contributed by atoms with Gasteiger partial charge in [-0.3, -0.25) is 0 Å². The molecule has 0 bridgehead atoms. The molecule has 118 valence electrons. The van der Waals surface area contributed by atoms with Crippen LogP contribution < -0.4 is 5.73 Å². The van der Waals surface area contributed by atoms with E-state index in [4.69, 9.17) is 18.0 Å². The first-order chi connectivity index (χ1) is 9.70. The van der Waals surface area contributed by atoms with Crippen molar-refractivity contribution in [3.63, 3.8) is 0 Å². The summed E-state index contributed by atoms with van der Waals surface area (Å²) in [4.78, 5) is 2.38. The molecule has 0 aliphatic heterocycles. The lowest BCUT2D eigenvalue weighted by molar-refractivity contribution is 0.271. The van der Waals surface area contributed by atoms with E-state index >= 15 is 0 Å². The Morgan fingerprint density at radius 2 is 2.00 bits per heavy atom. The van der Waals surface area contributed by atoms with Crippen molar-refractivity contribution in [3.8, 4) is 0 Å². The predicted octanol–water partition coefficient (Wildman–Crippen LogP) is 1.28. The molecular formula is C14H23N3O2S2. The summed E-state index contributed by atoms with van der Waals surface area (Å²) in [6, 6.07) is 6.35. The maximum Gasteiger partial charge on any atom is 0.243 e. The molecule has 1 atom stereocenters. The molecule has 21 heavy (non-hydrogen) atoms. The molecule has 7 heteroatoms. The second-order valence-electron chi connectivity index (χ2n) is 5.21. The van der Waals surface area contributed by atoms with Crippen LogP contribution in [-0.2, 0) is 10.0 Å². The first kappa shape index (κ1) is 18.0. The summed E-state index contributed by atoms with van der Waals surface area (Å²) in [5.41, 5.74) is 6.13. The Hall–Kier alpha value is -1.02. The minimum absolute atomic E-state index is 0.122. The van der Waals surface area contributed by atoms with Gasteiger partial charge in [0.05, 0.1) is 4.90 Å². The van der Waals surface area contributed by atoms with Crippen molar-refractivity contribution < 1.29 is 8.42 Å². The summed E-state index contributed by atoms with van der Waals surface area (Å²) in [6.07, 6.45) is 0. The summed E-state index contributed by atoms with van der Waals surface area (Å²) >= 11 is 4.91. The lowest BCUT2D eigenvalue weighted by atomic mass is 10.2. The molecule has 0 aliphatic rings. The molecule has 5 nitrogen and oxygen atoms in total. The van der Waals surface area contributed by atoms with Crippen LogP contribution in [0.15, 0.2) is 29.2 Å². The zero-order valence-electron chi connectivity index (χ0n) is 12.9. The van der Waals surface area contributed by atoms with Crippen LogP contribution in [0.3, 0.4) is 0 Å². The first-order valence-electron chi connectivity index (χ1n) is 6.76. The van der Waals surface area contributed by atoms with E-state index in [1.807, 2.05) is 32.8 Å². The highest BCUT2D eigenvalue weighted by atomic mass is 32.2. The van der Waals surface area contributed by atoms with Gasteiger partial charge in [-0.15, -0.1) is 0 Å². The highest BCUT2D eigenvalue weighted by Crippen LogP contribution is 2.19. The molecule has 0 radical (unpaired) electrons. The van der Waals surface area contributed by atoms with Gasteiger partial charge in [-0.1, -0.05) is 31.3 Å². The number of nitrogens with zero attached hydrogens (tertiary/aromatic N) is 2. The molecule has 0 heterocycles. The number of rotatable bonds is 7. The molecule has 0 amide bonds. The summed E-state index contributed by atoms with van der Waals surface area (Å²) < 4.78 is 27.1. The topological polar surface area (TPSA) is 66.6 Å². The average molecular weight is 329 g/mol. The summed E-state index contributed by atoms with van der Waals surface area (Å²) in [5.74, 6) is 0. The summed E-state index contributed by atoms with van der Waals surface area (Å²) in [5, 5.41) is 0. The van der Waals surface area contributed by atoms with E-state index in [9.17, 15) is 8.42 Å². The molecule has 0 aromatic heterocycles. The zero-order valence-corrected chi connectivity index (χ0v) is 14.5. The van der Waals surface area contributed by atoms with Crippen LogP contribution in [0.2, 0.25) is 0 Å². The maximum absolute atomic E-state index is 12.8. The molecule has 2 N–H and O–H groups in total. The van der Waals surface area contributed by atoms with E-state index < -0.39 is 10.0 Å². The molecule has 1 rings (SSSR count). The second-order valence-corrected chi connectivity index (χ2v) is 7.54. The highest BCUT2D eigenvalue weighted by Gasteiger charge is 2.28. The van der Waals surface area contributed by atoms with Crippen molar-refractivity contribution in [2.75, 3.05) is 27.2 Å². The van der Waals surface area contributed by atoms with Crippen LogP contribution >= 0.6 is 12.2 Å². The van der Waals surface area contributed by atoms with E-state index in [0.717, 1.165) is 0 Å². The minimum Gasteiger partial charge on any atom is -0.389 e. The third-order valence-electron chi connectivity index (χ3n) is 3.16. The predicted molar refractivity (Wildman–Crippen MR) is 89.9 cm³/mol. The SMILES string of the molecule is CCN(C(C)CN(C)C)S(=O)(=O)c1cccc(C(N)=S)c1. The third-order valence-corrected chi connectivity index (χ3v) is 5.48. The van der Waals surface area contributed by atoms with E-state index in [0.29, 0.717) is 18.7 Å². The molecule has 0 spiro atoms. The zero-order chi connectivity index (χ0) is 16.2. The van der Waals surface area contributed by atoms with Crippen molar-refractivity contribution in [2.45, 2.75) is 24.8 Å². The minimum atomic E-state index is -3.56. The van der Waals surface area contributed by atoms with E-state index in [1.165, 1.54) is 10.4 Å². The number of hydrogen-bond donors (Lipinski definition) is 1. The van der Waals surface area contributed by atoms with Gasteiger partial charge in [0.25, 0.3) is 0 Å². The summed E-state index contributed by atoms with van der Waals surface area (Å²) in [6.45, 7) is 4.80. The number of sulfonamides is 1. The van der Waals surface area contributed by atoms with Gasteiger partial charge < -0.3 is 10.6 Å². The Labute approximate surface area is 132 Å². The van der Waals surface area contributed by atoms with Gasteiger partial charge >= 0.3 is 0 Å². The molecule has 0 fully saturated rings. The number of benzene rings is 1. The van der Waals surface area contributed by atoms with Crippen LogP contribution in [0.4, 0.5) is 0 Å². The molecule has 1 aromatic carbocycles. The van der Waals surface area contributed by atoms with E-state index in [-0.39, 0.29) is 15.9 Å². The smallest absolute Gasteiger partial charge is 0.243 e. The Balaban J connectivity index is 3.18. The Bertz CT molecular complexity index is 600. The van der Waals surface area contributed by atoms with Gasteiger partial charge in [0.2, 0.25) is 10.0 Å². The van der Waals surface area contributed by atoms with E-state index in [2.05, 4.69) is 0 Å². The van der Waals surface area contributed by atoms with Crippen LogP contribution in [0, 0.1) is 0 Å². The number of thiocarbonyl (C=S) groups is 1. The average Bonchev–Trinajstić information content (AvgIpc) is 2.38. The standard InChI is InChI=1S/C14H23N3O2S2/c1-5-17(11(2)10-16(3)4)21(18,19)13-8-6-7-12(9-13)14(15)20/h6-9,11H,5,10H2,1-4H3,(H2,15,20). The molecule has 1 aromatic rings. The number of likely N-dealkylation sites (N-methyl/N-ethyl adjacent to an activating group) is 2. The van der Waals surface area contributed by atoms with Crippen LogP contribution in [0.25, 0.3) is 0 Å². The van der Waals surface area contributed by atoms with E-state index in [1.54, 1.807) is 18.2 Å². The fourth-order valence-electron chi connectivity index (χ4n) is 2.28. The number of hydrogen-bond acceptors (Lipinski definition) is 4. The van der Waals surface area contributed by atoms with Gasteiger partial charge in [0.1, 0.15) is 4.99 Å². The van der Waals surface area contributed by atoms with Crippen molar-refractivity contribution in [3.05, 3.63) is 29.8 Å². The molecule has 1 unspecified atom stereocenters. The Kier molecular flexibility index (Phi) is 6.27. The van der Waals surface area contributed by atoms with Crippen molar-refractivity contribution in [1.29, 1.82) is 0 Å². The Morgan fingerprint density at radius 3 is 2.48 bits per heavy atom. The monoisotopic (exact) mass is 329 g/mol. The quantitative estimate of drug-likeness (QED) is 0.764. The van der Waals surface area contributed by atoms with Gasteiger partial charge in [0.15, 0.2) is 0 Å². The molecule has 0 saturated carbocycles. The van der Waals surface area contributed by atoms with Gasteiger partial charge in [0, 0.05) is 24.7 Å². The van der Waals surface area contributed by atoms with Crippen LogP contribution in [0.1, 0.15) is 19.4 Å². The normalized spacial score (nSPS) is 13.6. The van der Waals surface area contributed by atoms with Crippen LogP contribution in [-0.4, -0.2) is 55.8 Å². The summed E-state index contributed by atoms with van der Waals surface area (Å²) in [7, 11) is 0.282. The van der Waals surface area contributed by atoms with Crippen molar-refractivity contribution in [1.82, 2.24) is 9.21 Å². The molecular weight excluding hydrogens is 306 g/mol. The van der Waals surface area contributed by atoms with Gasteiger partial charge in [-0.2, -0.15) is 4.31 Å². The lowest BCUT2D eigenvalue weighted by Gasteiger charge is -2.29. The van der Waals surface area contributed by atoms with Crippen LogP contribution in [0.5, 0.6) is 0 Å². The highest BCUT2D eigenvalue weighted by molar-refractivity contribution is 7.89. The maximum atomic E-state index is 12.8. The fraction of sp³-hybridized carbons (Fsp3) is 0.500. The first-order valence-corrected chi connectivity index (χ1v) is 8.61. The Morgan fingerprint density at radius 1 is 1.38 bits per heavy atom. The van der Waals surface area contributed by atoms with Gasteiger partial charge in [-0.05, 0) is 33.2 Å². The second kappa shape index (κ2) is 7.31. The molecule has 0 aliphatic carbocycles. The lowest BCUT2D eigenvalue weighted by Crippen LogP contribution is -2.43. The fourth-order valence-corrected chi connectivity index (χ4v) is 4.09. The number of nitrogens with two attached hydrogens (primary N) is 1. The third kappa shape index (κ3) is 4.47. The molecule has 0 saturated heterocycles. The largest absolute Gasteiger partial charge is 0.389 e. The van der Waals surface area contributed by atoms with Gasteiger partial charge in [-0.25, -0.2) is 8.42 Å². The van der Waals surface area contributed by atoms with Crippen molar-refractivity contribution >= 4 is 27.2 Å². The van der Waals surface area contributed by atoms with Crippen molar-refractivity contribution in [2.24, 2.45) is 5.73 Å².